The predicted molar refractivity (Wildman–Crippen MR) is 112 cm³/mol. The van der Waals surface area contributed by atoms with Crippen molar-refractivity contribution in [3.8, 4) is 0 Å². The van der Waals surface area contributed by atoms with Gasteiger partial charge in [0.1, 0.15) is 5.82 Å². The van der Waals surface area contributed by atoms with Gasteiger partial charge in [0.05, 0.1) is 0 Å². The van der Waals surface area contributed by atoms with E-state index in [0.717, 1.165) is 16.8 Å². The summed E-state index contributed by atoms with van der Waals surface area (Å²) in [4.78, 5) is 6.35. The summed E-state index contributed by atoms with van der Waals surface area (Å²) < 4.78 is 61.8. The highest BCUT2D eigenvalue weighted by atomic mass is 19.4. The number of pyridine rings is 1. The van der Waals surface area contributed by atoms with Crippen LogP contribution in [-0.4, -0.2) is 41.4 Å². The SMILES string of the molecule is CCOC(C)(C(F)(F)F)C1(CCc2ccc(F)cc2)CCN(Cc2ccc(C)nc2)C1. The Bertz CT molecular complexity index is 853. The molecule has 2 aromatic rings. The number of alkyl halides is 3. The van der Waals surface area contributed by atoms with Gasteiger partial charge in [-0.25, -0.2) is 4.39 Å². The van der Waals surface area contributed by atoms with Crippen LogP contribution in [0.25, 0.3) is 0 Å². The second-order valence-electron chi connectivity index (χ2n) is 8.64. The molecule has 0 saturated carbocycles. The van der Waals surface area contributed by atoms with Crippen LogP contribution in [0.3, 0.4) is 0 Å². The third-order valence-electron chi connectivity index (χ3n) is 6.60. The Morgan fingerprint density at radius 1 is 1.10 bits per heavy atom. The summed E-state index contributed by atoms with van der Waals surface area (Å²) >= 11 is 0. The Labute approximate surface area is 181 Å². The maximum atomic E-state index is 14.4. The molecule has 1 aliphatic rings. The number of aryl methyl sites for hydroxylation is 2. The van der Waals surface area contributed by atoms with Crippen molar-refractivity contribution in [2.75, 3.05) is 19.7 Å². The van der Waals surface area contributed by atoms with E-state index in [0.29, 0.717) is 32.4 Å². The number of halogens is 4. The summed E-state index contributed by atoms with van der Waals surface area (Å²) in [6.45, 7) is 6.05. The summed E-state index contributed by atoms with van der Waals surface area (Å²) in [5, 5.41) is 0. The summed E-state index contributed by atoms with van der Waals surface area (Å²) in [5.41, 5.74) is -0.670. The molecule has 2 unspecified atom stereocenters. The monoisotopic (exact) mass is 438 g/mol. The molecule has 0 aliphatic carbocycles. The van der Waals surface area contributed by atoms with Gasteiger partial charge < -0.3 is 4.74 Å². The molecule has 3 rings (SSSR count). The number of hydrogen-bond donors (Lipinski definition) is 0. The van der Waals surface area contributed by atoms with Crippen LogP contribution in [0.15, 0.2) is 42.6 Å². The molecule has 0 amide bonds. The lowest BCUT2D eigenvalue weighted by atomic mass is 9.67. The van der Waals surface area contributed by atoms with E-state index in [9.17, 15) is 17.6 Å². The molecule has 0 spiro atoms. The van der Waals surface area contributed by atoms with Gasteiger partial charge in [0.2, 0.25) is 0 Å². The molecule has 170 valence electrons. The lowest BCUT2D eigenvalue weighted by Gasteiger charge is -2.47. The van der Waals surface area contributed by atoms with Gasteiger partial charge in [-0.3, -0.25) is 9.88 Å². The fourth-order valence-corrected chi connectivity index (χ4v) is 4.63. The summed E-state index contributed by atoms with van der Waals surface area (Å²) in [7, 11) is 0. The van der Waals surface area contributed by atoms with Crippen molar-refractivity contribution >= 4 is 0 Å². The lowest BCUT2D eigenvalue weighted by molar-refractivity contribution is -0.310. The van der Waals surface area contributed by atoms with Crippen molar-refractivity contribution in [1.82, 2.24) is 9.88 Å². The Morgan fingerprint density at radius 2 is 1.77 bits per heavy atom. The Hall–Kier alpha value is -1.99. The van der Waals surface area contributed by atoms with Crippen LogP contribution in [-0.2, 0) is 17.7 Å². The van der Waals surface area contributed by atoms with Crippen molar-refractivity contribution in [3.63, 3.8) is 0 Å². The highest BCUT2D eigenvalue weighted by Gasteiger charge is 2.65. The molecule has 1 saturated heterocycles. The van der Waals surface area contributed by atoms with E-state index in [2.05, 4.69) is 9.88 Å². The Morgan fingerprint density at radius 3 is 2.35 bits per heavy atom. The second kappa shape index (κ2) is 9.25. The van der Waals surface area contributed by atoms with E-state index in [-0.39, 0.29) is 19.0 Å². The standard InChI is InChI=1S/C24H30F4N2O/c1-4-31-22(3,24(26,27)28)23(12-11-19-7-9-21(25)10-8-19)13-14-30(17-23)16-20-6-5-18(2)29-15-20/h5-10,15H,4,11-14,16-17H2,1-3H3. The minimum atomic E-state index is -4.51. The maximum Gasteiger partial charge on any atom is 0.417 e. The molecule has 0 radical (unpaired) electrons. The van der Waals surface area contributed by atoms with Crippen LogP contribution in [0.2, 0.25) is 0 Å². The van der Waals surface area contributed by atoms with Crippen molar-refractivity contribution in [2.45, 2.75) is 58.4 Å². The first-order valence-corrected chi connectivity index (χ1v) is 10.7. The van der Waals surface area contributed by atoms with Gasteiger partial charge in [-0.1, -0.05) is 18.2 Å². The zero-order valence-corrected chi connectivity index (χ0v) is 18.3. The number of aromatic nitrogens is 1. The van der Waals surface area contributed by atoms with Gasteiger partial charge >= 0.3 is 6.18 Å². The van der Waals surface area contributed by atoms with Gasteiger partial charge in [0, 0.05) is 37.0 Å². The van der Waals surface area contributed by atoms with Crippen molar-refractivity contribution in [2.24, 2.45) is 5.41 Å². The van der Waals surface area contributed by atoms with E-state index in [4.69, 9.17) is 4.74 Å². The number of hydrogen-bond acceptors (Lipinski definition) is 3. The van der Waals surface area contributed by atoms with E-state index < -0.39 is 17.2 Å². The number of nitrogens with zero attached hydrogens (tertiary/aromatic N) is 2. The predicted octanol–water partition coefficient (Wildman–Crippen LogP) is 5.71. The molecule has 1 aliphatic heterocycles. The third kappa shape index (κ3) is 5.09. The molecule has 2 atom stereocenters. The smallest absolute Gasteiger partial charge is 0.365 e. The topological polar surface area (TPSA) is 25.4 Å². The zero-order chi connectivity index (χ0) is 22.7. The van der Waals surface area contributed by atoms with Crippen LogP contribution in [0.1, 0.15) is 43.5 Å². The molecule has 1 aromatic heterocycles. The highest BCUT2D eigenvalue weighted by Crippen LogP contribution is 2.53. The van der Waals surface area contributed by atoms with Gasteiger partial charge in [-0.2, -0.15) is 13.2 Å². The van der Waals surface area contributed by atoms with Crippen LogP contribution in [0.4, 0.5) is 17.6 Å². The fraction of sp³-hybridized carbons (Fsp3) is 0.542. The summed E-state index contributed by atoms with van der Waals surface area (Å²) in [6.07, 6.45) is -1.62. The first kappa shape index (κ1) is 23.7. The molecule has 31 heavy (non-hydrogen) atoms. The highest BCUT2D eigenvalue weighted by molar-refractivity contribution is 5.18. The van der Waals surface area contributed by atoms with Crippen molar-refractivity contribution in [3.05, 3.63) is 65.2 Å². The van der Waals surface area contributed by atoms with E-state index in [1.807, 2.05) is 19.1 Å². The first-order chi connectivity index (χ1) is 14.6. The first-order valence-electron chi connectivity index (χ1n) is 10.7. The quantitative estimate of drug-likeness (QED) is 0.494. The molecule has 7 heteroatoms. The average Bonchev–Trinajstić information content (AvgIpc) is 3.13. The van der Waals surface area contributed by atoms with Crippen molar-refractivity contribution < 1.29 is 22.3 Å². The Balaban J connectivity index is 1.86. The lowest BCUT2D eigenvalue weighted by Crippen LogP contribution is -2.59. The van der Waals surface area contributed by atoms with Gasteiger partial charge in [0.25, 0.3) is 0 Å². The minimum Gasteiger partial charge on any atom is -0.365 e. The normalized spacial score (nSPS) is 21.9. The number of ether oxygens (including phenoxy) is 1. The second-order valence-corrected chi connectivity index (χ2v) is 8.64. The molecule has 0 bridgehead atoms. The average molecular weight is 439 g/mol. The van der Waals surface area contributed by atoms with E-state index in [1.54, 1.807) is 25.3 Å². The molecule has 1 fully saturated rings. The van der Waals surface area contributed by atoms with E-state index >= 15 is 0 Å². The van der Waals surface area contributed by atoms with Gasteiger partial charge in [-0.05, 0) is 75.9 Å². The number of rotatable bonds is 8. The number of likely N-dealkylation sites (tertiary alicyclic amines) is 1. The Kier molecular flexibility index (Phi) is 7.06. The van der Waals surface area contributed by atoms with Gasteiger partial charge in [0.15, 0.2) is 5.60 Å². The van der Waals surface area contributed by atoms with Crippen LogP contribution in [0, 0.1) is 18.2 Å². The van der Waals surface area contributed by atoms with Crippen molar-refractivity contribution in [1.29, 1.82) is 0 Å². The molecule has 3 nitrogen and oxygen atoms in total. The summed E-state index contributed by atoms with van der Waals surface area (Å²) in [6, 6.07) is 9.84. The fourth-order valence-electron chi connectivity index (χ4n) is 4.63. The zero-order valence-electron chi connectivity index (χ0n) is 18.3. The van der Waals surface area contributed by atoms with E-state index in [1.165, 1.54) is 19.1 Å². The molecular formula is C24H30F4N2O. The largest absolute Gasteiger partial charge is 0.417 e. The third-order valence-corrected chi connectivity index (χ3v) is 6.60. The van der Waals surface area contributed by atoms with Crippen LogP contribution in [0.5, 0.6) is 0 Å². The molecule has 1 aromatic carbocycles. The maximum absolute atomic E-state index is 14.4. The van der Waals surface area contributed by atoms with Gasteiger partial charge in [-0.15, -0.1) is 0 Å². The molecular weight excluding hydrogens is 408 g/mol. The molecule has 0 N–H and O–H groups in total. The van der Waals surface area contributed by atoms with Crippen LogP contribution >= 0.6 is 0 Å². The molecule has 2 heterocycles. The summed E-state index contributed by atoms with van der Waals surface area (Å²) in [5.74, 6) is -0.355. The minimum absolute atomic E-state index is 0.0177. The van der Waals surface area contributed by atoms with Crippen LogP contribution < -0.4 is 0 Å². The number of benzene rings is 1.